The van der Waals surface area contributed by atoms with Gasteiger partial charge >= 0.3 is 0 Å². The zero-order valence-electron chi connectivity index (χ0n) is 17.1. The molecule has 0 spiro atoms. The molecule has 1 aliphatic rings. The first-order chi connectivity index (χ1) is 15.0. The molecule has 174 valence electrons. The summed E-state index contributed by atoms with van der Waals surface area (Å²) < 4.78 is 55.8. The summed E-state index contributed by atoms with van der Waals surface area (Å²) in [5.74, 6) is -0.358. The fourth-order valence-corrected chi connectivity index (χ4v) is 5.49. The summed E-state index contributed by atoms with van der Waals surface area (Å²) >= 11 is 6.16. The van der Waals surface area contributed by atoms with Gasteiger partial charge < -0.3 is 10.1 Å². The molecule has 32 heavy (non-hydrogen) atoms. The van der Waals surface area contributed by atoms with Crippen molar-refractivity contribution in [3.63, 3.8) is 0 Å². The average molecular weight is 502 g/mol. The van der Waals surface area contributed by atoms with E-state index in [2.05, 4.69) is 10.0 Å². The van der Waals surface area contributed by atoms with Crippen LogP contribution < -0.4 is 19.9 Å². The lowest BCUT2D eigenvalue weighted by Crippen LogP contribution is -2.36. The van der Waals surface area contributed by atoms with Crippen molar-refractivity contribution in [2.75, 3.05) is 11.9 Å². The van der Waals surface area contributed by atoms with Crippen LogP contribution in [0.15, 0.2) is 52.3 Å². The number of benzene rings is 2. The molecule has 0 aromatic heterocycles. The molecule has 2 aromatic rings. The van der Waals surface area contributed by atoms with Gasteiger partial charge in [-0.05, 0) is 55.3 Å². The summed E-state index contributed by atoms with van der Waals surface area (Å²) in [6.07, 6.45) is 4.74. The Morgan fingerprint density at radius 3 is 2.22 bits per heavy atom. The molecule has 1 amide bonds. The van der Waals surface area contributed by atoms with Gasteiger partial charge in [0.2, 0.25) is 20.0 Å². The van der Waals surface area contributed by atoms with Crippen molar-refractivity contribution in [1.29, 1.82) is 0 Å². The quantitative estimate of drug-likeness (QED) is 0.507. The Labute approximate surface area is 192 Å². The molecule has 0 saturated heterocycles. The Bertz CT molecular complexity index is 1180. The molecule has 0 heterocycles. The Kier molecular flexibility index (Phi) is 7.78. The van der Waals surface area contributed by atoms with Crippen LogP contribution in [-0.2, 0) is 24.8 Å². The minimum Gasteiger partial charge on any atom is -0.482 e. The van der Waals surface area contributed by atoms with Gasteiger partial charge in [-0.15, -0.1) is 0 Å². The number of nitrogens with two attached hydrogens (primary N) is 1. The van der Waals surface area contributed by atoms with E-state index in [0.29, 0.717) is 5.69 Å². The fraction of sp³-hybridized carbons (Fsp3) is 0.350. The Hall–Kier alpha value is -2.18. The number of amides is 1. The zero-order chi connectivity index (χ0) is 23.4. The van der Waals surface area contributed by atoms with E-state index in [4.69, 9.17) is 21.5 Å². The fourth-order valence-electron chi connectivity index (χ4n) is 3.34. The van der Waals surface area contributed by atoms with Gasteiger partial charge in [-0.25, -0.2) is 26.7 Å². The number of hydrogen-bond acceptors (Lipinski definition) is 6. The van der Waals surface area contributed by atoms with E-state index >= 15 is 0 Å². The Morgan fingerprint density at radius 1 is 1.00 bits per heavy atom. The van der Waals surface area contributed by atoms with E-state index in [-0.39, 0.29) is 33.2 Å². The van der Waals surface area contributed by atoms with Crippen LogP contribution in [0, 0.1) is 0 Å². The molecule has 3 rings (SSSR count). The molecule has 0 aliphatic heterocycles. The predicted molar refractivity (Wildman–Crippen MR) is 121 cm³/mol. The van der Waals surface area contributed by atoms with E-state index in [1.165, 1.54) is 42.5 Å². The minimum atomic E-state index is -3.82. The van der Waals surface area contributed by atoms with E-state index in [1.54, 1.807) is 0 Å². The highest BCUT2D eigenvalue weighted by molar-refractivity contribution is 7.89. The molecule has 12 heteroatoms. The first kappa shape index (κ1) is 24.5. The Balaban J connectivity index is 1.57. The standard InChI is InChI=1S/C20H24ClN3O6S2/c21-18-12-17(32(28,29)24-15-4-2-1-3-5-15)10-11-19(18)30-13-20(25)23-14-6-8-16(9-7-14)31(22,26)27/h6-12,15,24H,1-5,13H2,(H,23,25)(H2,22,26,27). The largest absolute Gasteiger partial charge is 0.482 e. The van der Waals surface area contributed by atoms with Crippen LogP contribution in [0.2, 0.25) is 5.02 Å². The van der Waals surface area contributed by atoms with Crippen molar-refractivity contribution in [3.8, 4) is 5.75 Å². The van der Waals surface area contributed by atoms with Crippen LogP contribution in [0.4, 0.5) is 5.69 Å². The van der Waals surface area contributed by atoms with Crippen LogP contribution >= 0.6 is 11.6 Å². The zero-order valence-corrected chi connectivity index (χ0v) is 19.5. The van der Waals surface area contributed by atoms with Gasteiger partial charge in [0.05, 0.1) is 14.8 Å². The molecule has 1 aliphatic carbocycles. The third kappa shape index (κ3) is 6.66. The minimum absolute atomic E-state index is 0.0276. The van der Waals surface area contributed by atoms with Crippen LogP contribution in [0.1, 0.15) is 32.1 Å². The third-order valence-electron chi connectivity index (χ3n) is 4.97. The van der Waals surface area contributed by atoms with Crippen molar-refractivity contribution in [2.45, 2.75) is 47.9 Å². The summed E-state index contributed by atoms with van der Waals surface area (Å²) in [5, 5.41) is 7.63. The molecule has 4 N–H and O–H groups in total. The van der Waals surface area contributed by atoms with Crippen molar-refractivity contribution in [2.24, 2.45) is 5.14 Å². The second-order valence-electron chi connectivity index (χ2n) is 7.45. The van der Waals surface area contributed by atoms with Crippen LogP contribution in [0.3, 0.4) is 0 Å². The van der Waals surface area contributed by atoms with Gasteiger partial charge in [0, 0.05) is 11.7 Å². The first-order valence-electron chi connectivity index (χ1n) is 9.92. The van der Waals surface area contributed by atoms with Crippen LogP contribution in [-0.4, -0.2) is 35.4 Å². The van der Waals surface area contributed by atoms with E-state index in [9.17, 15) is 21.6 Å². The molecule has 0 bridgehead atoms. The summed E-state index contributed by atoms with van der Waals surface area (Å²) in [4.78, 5) is 12.0. The van der Waals surface area contributed by atoms with Gasteiger partial charge in [-0.1, -0.05) is 30.9 Å². The molecular formula is C20H24ClN3O6S2. The number of nitrogens with one attached hydrogen (secondary N) is 2. The molecule has 2 aromatic carbocycles. The molecule has 0 unspecified atom stereocenters. The molecule has 1 fully saturated rings. The molecule has 9 nitrogen and oxygen atoms in total. The third-order valence-corrected chi connectivity index (χ3v) is 7.71. The molecular weight excluding hydrogens is 478 g/mol. The van der Waals surface area contributed by atoms with Gasteiger partial charge in [-0.3, -0.25) is 4.79 Å². The first-order valence-corrected chi connectivity index (χ1v) is 13.3. The molecule has 0 atom stereocenters. The van der Waals surface area contributed by atoms with Gasteiger partial charge in [0.15, 0.2) is 6.61 Å². The monoisotopic (exact) mass is 501 g/mol. The number of ether oxygens (including phenoxy) is 1. The lowest BCUT2D eigenvalue weighted by Gasteiger charge is -2.22. The maximum Gasteiger partial charge on any atom is 0.262 e. The number of rotatable bonds is 8. The second-order valence-corrected chi connectivity index (χ2v) is 11.1. The summed E-state index contributed by atoms with van der Waals surface area (Å²) in [7, 11) is -7.53. The maximum absolute atomic E-state index is 12.6. The van der Waals surface area contributed by atoms with Crippen molar-refractivity contribution in [1.82, 2.24) is 4.72 Å². The highest BCUT2D eigenvalue weighted by atomic mass is 35.5. The van der Waals surface area contributed by atoms with Gasteiger partial charge in [0.1, 0.15) is 5.75 Å². The van der Waals surface area contributed by atoms with E-state index < -0.39 is 26.0 Å². The topological polar surface area (TPSA) is 145 Å². The predicted octanol–water partition coefficient (Wildman–Crippen LogP) is 2.62. The summed E-state index contributed by atoms with van der Waals surface area (Å²) in [6.45, 7) is -0.386. The van der Waals surface area contributed by atoms with Gasteiger partial charge in [-0.2, -0.15) is 0 Å². The smallest absolute Gasteiger partial charge is 0.262 e. The number of sulfonamides is 2. The second kappa shape index (κ2) is 10.2. The average Bonchev–Trinajstić information content (AvgIpc) is 2.73. The number of anilines is 1. The summed E-state index contributed by atoms with van der Waals surface area (Å²) in [5.41, 5.74) is 0.354. The van der Waals surface area contributed by atoms with Crippen molar-refractivity contribution < 1.29 is 26.4 Å². The number of carbonyl (C=O) groups is 1. The number of primary sulfonamides is 1. The summed E-state index contributed by atoms with van der Waals surface area (Å²) in [6, 6.07) is 9.29. The highest BCUT2D eigenvalue weighted by Crippen LogP contribution is 2.28. The normalized spacial score (nSPS) is 15.3. The highest BCUT2D eigenvalue weighted by Gasteiger charge is 2.22. The number of halogens is 1. The van der Waals surface area contributed by atoms with Crippen molar-refractivity contribution >= 4 is 43.2 Å². The van der Waals surface area contributed by atoms with Crippen LogP contribution in [0.5, 0.6) is 5.75 Å². The number of hydrogen-bond donors (Lipinski definition) is 3. The number of carbonyl (C=O) groups excluding carboxylic acids is 1. The Morgan fingerprint density at radius 2 is 1.62 bits per heavy atom. The van der Waals surface area contributed by atoms with Gasteiger partial charge in [0.25, 0.3) is 5.91 Å². The van der Waals surface area contributed by atoms with Crippen molar-refractivity contribution in [3.05, 3.63) is 47.5 Å². The molecule has 1 saturated carbocycles. The lowest BCUT2D eigenvalue weighted by molar-refractivity contribution is -0.118. The van der Waals surface area contributed by atoms with E-state index in [1.807, 2.05) is 0 Å². The SMILES string of the molecule is NS(=O)(=O)c1ccc(NC(=O)COc2ccc(S(=O)(=O)NC3CCCCC3)cc2Cl)cc1. The lowest BCUT2D eigenvalue weighted by atomic mass is 9.96. The maximum atomic E-state index is 12.6. The molecule has 0 radical (unpaired) electrons. The van der Waals surface area contributed by atoms with Crippen LogP contribution in [0.25, 0.3) is 0 Å². The van der Waals surface area contributed by atoms with E-state index in [0.717, 1.165) is 32.1 Å².